The summed E-state index contributed by atoms with van der Waals surface area (Å²) < 4.78 is 36.6. The van der Waals surface area contributed by atoms with Crippen molar-refractivity contribution in [3.8, 4) is 0 Å². The molecule has 3 nitrogen and oxygen atoms in total. The fraction of sp³-hybridized carbons (Fsp3) is 0.909. The van der Waals surface area contributed by atoms with Gasteiger partial charge in [0.15, 0.2) is 0 Å². The molecule has 0 spiro atoms. The van der Waals surface area contributed by atoms with Crippen LogP contribution in [0.3, 0.4) is 0 Å². The van der Waals surface area contributed by atoms with Gasteiger partial charge in [-0.2, -0.15) is 13.2 Å². The molecule has 1 amide bonds. The van der Waals surface area contributed by atoms with E-state index in [-0.39, 0.29) is 18.0 Å². The van der Waals surface area contributed by atoms with Crippen LogP contribution in [0.2, 0.25) is 0 Å². The van der Waals surface area contributed by atoms with Crippen LogP contribution >= 0.6 is 0 Å². The summed E-state index contributed by atoms with van der Waals surface area (Å²) in [5.74, 6) is 0.0733. The number of hydrogen-bond acceptors (Lipinski definition) is 2. The average molecular weight is 250 g/mol. The largest absolute Gasteiger partial charge is 0.390 e. The fourth-order valence-electron chi connectivity index (χ4n) is 2.90. The molecule has 0 radical (unpaired) electrons. The maximum atomic E-state index is 12.2. The summed E-state index contributed by atoms with van der Waals surface area (Å²) in [6.45, 7) is 2.28. The topological polar surface area (TPSA) is 32.3 Å². The van der Waals surface area contributed by atoms with Crippen molar-refractivity contribution in [3.63, 3.8) is 0 Å². The number of alkyl halides is 3. The monoisotopic (exact) mass is 250 g/mol. The normalized spacial score (nSPS) is 30.8. The van der Waals surface area contributed by atoms with Crippen LogP contribution in [-0.4, -0.2) is 41.7 Å². The molecule has 2 aliphatic rings. The van der Waals surface area contributed by atoms with Crippen LogP contribution in [0.25, 0.3) is 0 Å². The number of nitrogens with zero attached hydrogens (tertiary/aromatic N) is 1. The molecule has 2 aliphatic heterocycles. The van der Waals surface area contributed by atoms with E-state index >= 15 is 0 Å². The van der Waals surface area contributed by atoms with Gasteiger partial charge in [0.1, 0.15) is 0 Å². The summed E-state index contributed by atoms with van der Waals surface area (Å²) >= 11 is 0. The molecule has 2 heterocycles. The Morgan fingerprint density at radius 2 is 2.24 bits per heavy atom. The van der Waals surface area contributed by atoms with Crippen LogP contribution in [-0.2, 0) is 4.79 Å². The first-order valence-corrected chi connectivity index (χ1v) is 5.99. The van der Waals surface area contributed by atoms with Gasteiger partial charge in [0.2, 0.25) is 5.91 Å². The second kappa shape index (κ2) is 4.48. The average Bonchev–Trinajstić information content (AvgIpc) is 2.69. The Kier molecular flexibility index (Phi) is 3.34. The van der Waals surface area contributed by atoms with Gasteiger partial charge in [0.05, 0.1) is 6.42 Å². The standard InChI is InChI=1S/C11H17F3N2O/c1-7(6-11(12,13)14)15-8-5-10(17)16-4-2-3-9(8)16/h7-9,15H,2-6H2,1H3. The molecule has 2 rings (SSSR count). The summed E-state index contributed by atoms with van der Waals surface area (Å²) in [6.07, 6.45) is -2.79. The van der Waals surface area contributed by atoms with Crippen molar-refractivity contribution < 1.29 is 18.0 Å². The smallest absolute Gasteiger partial charge is 0.338 e. The van der Waals surface area contributed by atoms with E-state index in [4.69, 9.17) is 0 Å². The lowest BCUT2D eigenvalue weighted by molar-refractivity contribution is -0.139. The lowest BCUT2D eigenvalue weighted by atomic mass is 10.0. The number of amides is 1. The predicted octanol–water partition coefficient (Wildman–Crippen LogP) is 1.68. The molecular weight excluding hydrogens is 233 g/mol. The molecule has 98 valence electrons. The molecule has 17 heavy (non-hydrogen) atoms. The third-order valence-electron chi connectivity index (χ3n) is 3.51. The van der Waals surface area contributed by atoms with Crippen molar-refractivity contribution in [2.45, 2.75) is 56.9 Å². The number of halogens is 3. The van der Waals surface area contributed by atoms with Gasteiger partial charge >= 0.3 is 6.18 Å². The molecule has 0 aromatic rings. The first kappa shape index (κ1) is 12.7. The number of carbonyl (C=O) groups excluding carboxylic acids is 1. The first-order chi connectivity index (χ1) is 7.87. The summed E-state index contributed by atoms with van der Waals surface area (Å²) in [4.78, 5) is 13.4. The minimum atomic E-state index is -4.15. The van der Waals surface area contributed by atoms with E-state index in [1.807, 2.05) is 0 Å². The van der Waals surface area contributed by atoms with Gasteiger partial charge in [-0.15, -0.1) is 0 Å². The lowest BCUT2D eigenvalue weighted by Gasteiger charge is -2.25. The van der Waals surface area contributed by atoms with Crippen molar-refractivity contribution in [2.24, 2.45) is 0 Å². The Balaban J connectivity index is 1.89. The highest BCUT2D eigenvalue weighted by molar-refractivity contribution is 5.80. The van der Waals surface area contributed by atoms with E-state index in [9.17, 15) is 18.0 Å². The Morgan fingerprint density at radius 1 is 1.53 bits per heavy atom. The third-order valence-corrected chi connectivity index (χ3v) is 3.51. The van der Waals surface area contributed by atoms with Crippen LogP contribution in [0.1, 0.15) is 32.6 Å². The van der Waals surface area contributed by atoms with Gasteiger partial charge in [-0.05, 0) is 19.8 Å². The molecule has 3 unspecified atom stereocenters. The maximum Gasteiger partial charge on any atom is 0.390 e. The number of nitrogens with one attached hydrogen (secondary N) is 1. The van der Waals surface area contributed by atoms with Crippen LogP contribution in [0.4, 0.5) is 13.2 Å². The Labute approximate surface area is 98.3 Å². The molecule has 6 heteroatoms. The molecule has 0 saturated carbocycles. The van der Waals surface area contributed by atoms with Gasteiger partial charge in [-0.1, -0.05) is 0 Å². The van der Waals surface area contributed by atoms with E-state index in [0.29, 0.717) is 6.42 Å². The molecule has 0 aromatic carbocycles. The predicted molar refractivity (Wildman–Crippen MR) is 56.4 cm³/mol. The molecular formula is C11H17F3N2O. The van der Waals surface area contributed by atoms with Crippen molar-refractivity contribution in [1.82, 2.24) is 10.2 Å². The minimum Gasteiger partial charge on any atom is -0.338 e. The number of carbonyl (C=O) groups is 1. The minimum absolute atomic E-state index is 0.0733. The fourth-order valence-corrected chi connectivity index (χ4v) is 2.90. The van der Waals surface area contributed by atoms with Crippen LogP contribution in [0.5, 0.6) is 0 Å². The van der Waals surface area contributed by atoms with E-state index in [2.05, 4.69) is 5.32 Å². The maximum absolute atomic E-state index is 12.2. The number of hydrogen-bond donors (Lipinski definition) is 1. The quantitative estimate of drug-likeness (QED) is 0.826. The Bertz CT molecular complexity index is 306. The zero-order valence-electron chi connectivity index (χ0n) is 9.76. The summed E-state index contributed by atoms with van der Waals surface area (Å²) in [7, 11) is 0. The second-order valence-corrected chi connectivity index (χ2v) is 4.99. The highest BCUT2D eigenvalue weighted by Crippen LogP contribution is 2.30. The van der Waals surface area contributed by atoms with Gasteiger partial charge in [0, 0.05) is 31.1 Å². The second-order valence-electron chi connectivity index (χ2n) is 4.99. The highest BCUT2D eigenvalue weighted by Gasteiger charge is 2.43. The zero-order valence-corrected chi connectivity index (χ0v) is 9.76. The molecule has 1 N–H and O–H groups in total. The van der Waals surface area contributed by atoms with Gasteiger partial charge in [0.25, 0.3) is 0 Å². The van der Waals surface area contributed by atoms with Gasteiger partial charge < -0.3 is 10.2 Å². The Hall–Kier alpha value is -0.780. The van der Waals surface area contributed by atoms with E-state index in [1.54, 1.807) is 4.90 Å². The number of fused-ring (bicyclic) bond motifs is 1. The molecule has 0 bridgehead atoms. The van der Waals surface area contributed by atoms with Crippen molar-refractivity contribution in [3.05, 3.63) is 0 Å². The third kappa shape index (κ3) is 2.91. The van der Waals surface area contributed by atoms with Crippen molar-refractivity contribution >= 4 is 5.91 Å². The Morgan fingerprint density at radius 3 is 2.88 bits per heavy atom. The van der Waals surface area contributed by atoms with Crippen LogP contribution in [0, 0.1) is 0 Å². The summed E-state index contributed by atoms with van der Waals surface area (Å²) in [6, 6.07) is -0.631. The number of rotatable bonds is 3. The van der Waals surface area contributed by atoms with Crippen molar-refractivity contribution in [2.75, 3.05) is 6.54 Å². The van der Waals surface area contributed by atoms with Gasteiger partial charge in [-0.25, -0.2) is 0 Å². The molecule has 2 saturated heterocycles. The SMILES string of the molecule is CC(CC(F)(F)F)NC1CC(=O)N2CCCC12. The first-order valence-electron chi connectivity index (χ1n) is 5.99. The van der Waals surface area contributed by atoms with Crippen molar-refractivity contribution in [1.29, 1.82) is 0 Å². The zero-order chi connectivity index (χ0) is 12.6. The van der Waals surface area contributed by atoms with Gasteiger partial charge in [-0.3, -0.25) is 4.79 Å². The van der Waals surface area contributed by atoms with E-state index in [1.165, 1.54) is 6.92 Å². The summed E-state index contributed by atoms with van der Waals surface area (Å²) in [5, 5.41) is 2.95. The van der Waals surface area contributed by atoms with E-state index in [0.717, 1.165) is 19.4 Å². The lowest BCUT2D eigenvalue weighted by Crippen LogP contribution is -2.44. The van der Waals surface area contributed by atoms with E-state index < -0.39 is 18.6 Å². The molecule has 2 fully saturated rings. The molecule has 0 aromatic heterocycles. The highest BCUT2D eigenvalue weighted by atomic mass is 19.4. The van der Waals surface area contributed by atoms with Crippen LogP contribution < -0.4 is 5.32 Å². The van der Waals surface area contributed by atoms with Crippen LogP contribution in [0.15, 0.2) is 0 Å². The molecule has 3 atom stereocenters. The molecule has 0 aliphatic carbocycles. The summed E-state index contributed by atoms with van der Waals surface area (Å²) in [5.41, 5.74) is 0.